The largest absolute Gasteiger partial charge is 0.574 e. The number of anilines is 1. The Kier molecular flexibility index (Phi) is 2.68. The summed E-state index contributed by atoms with van der Waals surface area (Å²) in [5.74, 6) is -2.90. The van der Waals surface area contributed by atoms with Gasteiger partial charge in [-0.05, 0) is 6.07 Å². The molecule has 3 rings (SSSR count). The molecule has 0 aromatic heterocycles. The molecular formula is C12H7F3N3O3-. The molecule has 1 unspecified atom stereocenters. The summed E-state index contributed by atoms with van der Waals surface area (Å²) in [6.45, 7) is -0.0378. The molecule has 0 radical (unpaired) electrons. The first-order valence-corrected chi connectivity index (χ1v) is 5.82. The number of para-hydroxylation sites is 1. The van der Waals surface area contributed by atoms with Gasteiger partial charge in [0.15, 0.2) is 5.54 Å². The molecular weight excluding hydrogens is 291 g/mol. The van der Waals surface area contributed by atoms with E-state index in [9.17, 15) is 23.1 Å². The Bertz CT molecular complexity index is 684. The topological polar surface area (TPSA) is 86.1 Å². The van der Waals surface area contributed by atoms with Crippen LogP contribution < -0.4 is 10.4 Å². The second-order valence-corrected chi connectivity index (χ2v) is 4.47. The molecule has 2 aliphatic rings. The van der Waals surface area contributed by atoms with Crippen molar-refractivity contribution in [2.45, 2.75) is 11.9 Å². The number of halogens is 3. The predicted molar refractivity (Wildman–Crippen MR) is 60.6 cm³/mol. The monoisotopic (exact) mass is 298 g/mol. The van der Waals surface area contributed by atoms with Gasteiger partial charge in [0, 0.05) is 11.3 Å². The second-order valence-electron chi connectivity index (χ2n) is 4.47. The van der Waals surface area contributed by atoms with Gasteiger partial charge in [0.05, 0.1) is 18.1 Å². The number of ether oxygens (including phenoxy) is 1. The van der Waals surface area contributed by atoms with Crippen molar-refractivity contribution in [1.29, 1.82) is 0 Å². The first kappa shape index (κ1) is 13.4. The maximum Gasteiger partial charge on any atom is 0.574 e. The number of aliphatic carboxylic acids is 1. The van der Waals surface area contributed by atoms with Crippen LogP contribution in [-0.2, 0) is 15.1 Å². The van der Waals surface area contributed by atoms with E-state index in [1.165, 1.54) is 0 Å². The highest BCUT2D eigenvalue weighted by molar-refractivity contribution is 5.91. The molecule has 0 aliphatic carbocycles. The van der Waals surface area contributed by atoms with Gasteiger partial charge < -0.3 is 20.0 Å². The molecule has 0 amide bonds. The Morgan fingerprint density at radius 3 is 2.76 bits per heavy atom. The quantitative estimate of drug-likeness (QED) is 0.891. The molecule has 0 fully saturated rings. The van der Waals surface area contributed by atoms with Crippen LogP contribution in [0.2, 0.25) is 0 Å². The SMILES string of the molecule is O=C([O-])C1=C(OC(F)(F)F)N=NC12CNc1ccccc12. The minimum absolute atomic E-state index is 0.0378. The smallest absolute Gasteiger partial charge is 0.545 e. The molecule has 0 saturated heterocycles. The van der Waals surface area contributed by atoms with E-state index in [0.717, 1.165) is 0 Å². The average Bonchev–Trinajstić information content (AvgIpc) is 2.92. The number of azo groups is 1. The number of alkyl halides is 3. The summed E-state index contributed by atoms with van der Waals surface area (Å²) < 4.78 is 40.6. The van der Waals surface area contributed by atoms with Gasteiger partial charge in [-0.15, -0.1) is 18.3 Å². The van der Waals surface area contributed by atoms with Gasteiger partial charge in [-0.2, -0.15) is 5.11 Å². The van der Waals surface area contributed by atoms with Gasteiger partial charge in [-0.3, -0.25) is 0 Å². The Balaban J connectivity index is 2.14. The van der Waals surface area contributed by atoms with E-state index in [4.69, 9.17) is 0 Å². The van der Waals surface area contributed by atoms with Crippen molar-refractivity contribution < 1.29 is 27.8 Å². The zero-order valence-corrected chi connectivity index (χ0v) is 10.3. The van der Waals surface area contributed by atoms with E-state index >= 15 is 0 Å². The van der Waals surface area contributed by atoms with Crippen molar-refractivity contribution in [2.75, 3.05) is 11.9 Å². The van der Waals surface area contributed by atoms with Crippen LogP contribution in [0.5, 0.6) is 0 Å². The van der Waals surface area contributed by atoms with Crippen LogP contribution in [0.25, 0.3) is 0 Å². The number of carbonyl (C=O) groups excluding carboxylic acids is 1. The van der Waals surface area contributed by atoms with Crippen molar-refractivity contribution in [3.8, 4) is 0 Å². The molecule has 110 valence electrons. The highest BCUT2D eigenvalue weighted by Gasteiger charge is 2.50. The van der Waals surface area contributed by atoms with Gasteiger partial charge >= 0.3 is 6.36 Å². The van der Waals surface area contributed by atoms with Crippen LogP contribution in [0.4, 0.5) is 18.9 Å². The molecule has 1 N–H and O–H groups in total. The fourth-order valence-electron chi connectivity index (χ4n) is 2.47. The highest BCUT2D eigenvalue weighted by atomic mass is 19.4. The Morgan fingerprint density at radius 1 is 1.38 bits per heavy atom. The number of hydrogen-bond donors (Lipinski definition) is 1. The van der Waals surface area contributed by atoms with E-state index in [0.29, 0.717) is 11.3 Å². The van der Waals surface area contributed by atoms with E-state index in [1.54, 1.807) is 24.3 Å². The molecule has 21 heavy (non-hydrogen) atoms. The Labute approximate surface area is 115 Å². The van der Waals surface area contributed by atoms with E-state index in [2.05, 4.69) is 20.3 Å². The zero-order chi connectivity index (χ0) is 15.3. The van der Waals surface area contributed by atoms with Gasteiger partial charge in [0.25, 0.3) is 0 Å². The molecule has 1 spiro atoms. The van der Waals surface area contributed by atoms with Gasteiger partial charge in [0.1, 0.15) is 0 Å². The summed E-state index contributed by atoms with van der Waals surface area (Å²) in [6, 6.07) is 6.55. The first-order chi connectivity index (χ1) is 9.83. The van der Waals surface area contributed by atoms with Crippen LogP contribution in [0.15, 0.2) is 46.0 Å². The molecule has 1 atom stereocenters. The first-order valence-electron chi connectivity index (χ1n) is 5.82. The fraction of sp³-hybridized carbons (Fsp3) is 0.250. The summed E-state index contributed by atoms with van der Waals surface area (Å²) in [7, 11) is 0. The number of benzene rings is 1. The van der Waals surface area contributed by atoms with Crippen molar-refractivity contribution in [3.05, 3.63) is 41.3 Å². The molecule has 1 aromatic carbocycles. The maximum absolute atomic E-state index is 12.3. The number of carbonyl (C=O) groups is 1. The van der Waals surface area contributed by atoms with Crippen molar-refractivity contribution in [1.82, 2.24) is 0 Å². The molecule has 1 aromatic rings. The van der Waals surface area contributed by atoms with E-state index in [1.807, 2.05) is 0 Å². The number of carboxylic acid groups (broad SMARTS) is 1. The third kappa shape index (κ3) is 2.01. The number of carboxylic acids is 1. The van der Waals surface area contributed by atoms with Gasteiger partial charge in [-0.1, -0.05) is 18.2 Å². The minimum Gasteiger partial charge on any atom is -0.545 e. The van der Waals surface area contributed by atoms with Gasteiger partial charge in [-0.25, -0.2) is 0 Å². The summed E-state index contributed by atoms with van der Waals surface area (Å²) >= 11 is 0. The Morgan fingerprint density at radius 2 is 2.10 bits per heavy atom. The lowest BCUT2D eigenvalue weighted by Gasteiger charge is -2.23. The molecule has 0 bridgehead atoms. The van der Waals surface area contributed by atoms with Crippen LogP contribution in [-0.4, -0.2) is 18.9 Å². The minimum atomic E-state index is -5.06. The molecule has 2 heterocycles. The van der Waals surface area contributed by atoms with E-state index < -0.39 is 29.3 Å². The molecule has 2 aliphatic heterocycles. The van der Waals surface area contributed by atoms with Crippen LogP contribution in [0.3, 0.4) is 0 Å². The number of nitrogens with zero attached hydrogens (tertiary/aromatic N) is 2. The fourth-order valence-corrected chi connectivity index (χ4v) is 2.47. The van der Waals surface area contributed by atoms with Crippen LogP contribution >= 0.6 is 0 Å². The molecule has 9 heteroatoms. The summed E-state index contributed by atoms with van der Waals surface area (Å²) in [5, 5.41) is 21.2. The maximum atomic E-state index is 12.3. The lowest BCUT2D eigenvalue weighted by molar-refractivity contribution is -0.309. The van der Waals surface area contributed by atoms with Crippen molar-refractivity contribution >= 4 is 11.7 Å². The number of nitrogens with one attached hydrogen (secondary N) is 1. The van der Waals surface area contributed by atoms with Crippen LogP contribution in [0.1, 0.15) is 5.56 Å². The Hall–Kier alpha value is -2.58. The summed E-state index contributed by atoms with van der Waals surface area (Å²) in [5.41, 5.74) is -1.31. The molecule has 6 nitrogen and oxygen atoms in total. The van der Waals surface area contributed by atoms with E-state index in [-0.39, 0.29) is 6.54 Å². The van der Waals surface area contributed by atoms with Crippen LogP contribution in [0, 0.1) is 0 Å². The lowest BCUT2D eigenvalue weighted by atomic mass is 9.85. The second kappa shape index (κ2) is 4.21. The van der Waals surface area contributed by atoms with Crippen molar-refractivity contribution in [2.24, 2.45) is 10.2 Å². The highest BCUT2D eigenvalue weighted by Crippen LogP contribution is 2.48. The predicted octanol–water partition coefficient (Wildman–Crippen LogP) is 1.27. The standard InChI is InChI=1S/C12H8F3N3O3/c13-12(14,15)21-9-8(10(19)20)11(18-17-9)5-16-7-4-2-1-3-6(7)11/h1-4,16H,5H2,(H,19,20)/p-1. The lowest BCUT2D eigenvalue weighted by Crippen LogP contribution is -2.38. The van der Waals surface area contributed by atoms with Crippen molar-refractivity contribution in [3.63, 3.8) is 0 Å². The summed E-state index contributed by atoms with van der Waals surface area (Å²) in [6.07, 6.45) is -5.06. The number of rotatable bonds is 2. The summed E-state index contributed by atoms with van der Waals surface area (Å²) in [4.78, 5) is 11.3. The van der Waals surface area contributed by atoms with Gasteiger partial charge in [0.2, 0.25) is 5.88 Å². The third-order valence-corrected chi connectivity index (χ3v) is 3.26. The molecule has 0 saturated carbocycles. The third-order valence-electron chi connectivity index (χ3n) is 3.26. The normalized spacial score (nSPS) is 23.4. The number of hydrogen-bond acceptors (Lipinski definition) is 6. The number of fused-ring (bicyclic) bond motifs is 2. The average molecular weight is 298 g/mol. The zero-order valence-electron chi connectivity index (χ0n) is 10.3.